The normalized spacial score (nSPS) is 15.4. The second-order valence-electron chi connectivity index (χ2n) is 6.39. The Bertz CT molecular complexity index is 843. The first-order valence-corrected chi connectivity index (χ1v) is 8.59. The van der Waals surface area contributed by atoms with Crippen LogP contribution in [0.15, 0.2) is 33.9 Å². The maximum absolute atomic E-state index is 12.1. The molecule has 1 aliphatic heterocycles. The Hall–Kier alpha value is -2.63. The van der Waals surface area contributed by atoms with Crippen molar-refractivity contribution in [3.05, 3.63) is 50.3 Å². The number of hydrogen-bond acceptors (Lipinski definition) is 6. The first-order valence-electron chi connectivity index (χ1n) is 8.59. The molecule has 3 rings (SSSR count). The van der Waals surface area contributed by atoms with E-state index in [1.807, 2.05) is 36.1 Å². The summed E-state index contributed by atoms with van der Waals surface area (Å²) >= 11 is 0. The highest BCUT2D eigenvalue weighted by atomic mass is 16.5. The molecule has 1 saturated heterocycles. The quantitative estimate of drug-likeness (QED) is 0.663. The van der Waals surface area contributed by atoms with Crippen molar-refractivity contribution in [2.75, 3.05) is 29.9 Å². The number of carbonyl (C=O) groups is 1. The summed E-state index contributed by atoms with van der Waals surface area (Å²) in [6.07, 6.45) is 1.25. The summed E-state index contributed by atoms with van der Waals surface area (Å²) in [5, 5.41) is 3.08. The monoisotopic (exact) mass is 342 g/mol. The molecular formula is C19H22N2O4. The van der Waals surface area contributed by atoms with Crippen LogP contribution in [0.2, 0.25) is 0 Å². The van der Waals surface area contributed by atoms with Gasteiger partial charge in [0.05, 0.1) is 12.5 Å². The standard InChI is InChI=1S/C19H22N2O4/c1-3-25-19(24)13-7-9-21(10-8-13)16-15(17(22)18(16)23)20-14-6-4-5-12(2)11-14/h4-6,11,13,20H,3,7-10H2,1-2H3. The number of carbonyl (C=O) groups excluding carboxylic acids is 1. The molecule has 6 nitrogen and oxygen atoms in total. The number of aryl methyl sites for hydroxylation is 1. The fourth-order valence-electron chi connectivity index (χ4n) is 3.26. The van der Waals surface area contributed by atoms with E-state index in [0.717, 1.165) is 11.3 Å². The van der Waals surface area contributed by atoms with Crippen molar-refractivity contribution in [2.45, 2.75) is 26.7 Å². The molecule has 6 heteroatoms. The third-order valence-corrected chi connectivity index (χ3v) is 4.60. The smallest absolute Gasteiger partial charge is 0.309 e. The third kappa shape index (κ3) is 3.43. The van der Waals surface area contributed by atoms with E-state index in [9.17, 15) is 14.4 Å². The third-order valence-electron chi connectivity index (χ3n) is 4.60. The van der Waals surface area contributed by atoms with E-state index in [1.165, 1.54) is 0 Å². The van der Waals surface area contributed by atoms with Gasteiger partial charge in [-0.05, 0) is 44.4 Å². The predicted molar refractivity (Wildman–Crippen MR) is 97.4 cm³/mol. The molecule has 0 bridgehead atoms. The molecule has 0 aliphatic carbocycles. The first-order chi connectivity index (χ1) is 12.0. The van der Waals surface area contributed by atoms with Gasteiger partial charge in [0.25, 0.3) is 10.9 Å². The summed E-state index contributed by atoms with van der Waals surface area (Å²) in [4.78, 5) is 37.8. The highest BCUT2D eigenvalue weighted by molar-refractivity contribution is 5.80. The van der Waals surface area contributed by atoms with Gasteiger partial charge in [0.1, 0.15) is 11.4 Å². The molecule has 2 aromatic rings. The Balaban J connectivity index is 1.72. The van der Waals surface area contributed by atoms with Gasteiger partial charge in [-0.15, -0.1) is 0 Å². The van der Waals surface area contributed by atoms with Crippen LogP contribution < -0.4 is 21.1 Å². The Kier molecular flexibility index (Phi) is 4.88. The van der Waals surface area contributed by atoms with Gasteiger partial charge in [-0.2, -0.15) is 0 Å². The number of nitrogens with zero attached hydrogens (tertiary/aromatic N) is 1. The molecule has 1 fully saturated rings. The summed E-state index contributed by atoms with van der Waals surface area (Å²) in [5.41, 5.74) is 1.71. The number of esters is 1. The van der Waals surface area contributed by atoms with Gasteiger partial charge in [-0.1, -0.05) is 12.1 Å². The minimum Gasteiger partial charge on any atom is -0.466 e. The average Bonchev–Trinajstić information content (AvgIpc) is 2.61. The molecule has 0 saturated carbocycles. The van der Waals surface area contributed by atoms with E-state index >= 15 is 0 Å². The molecule has 0 aromatic heterocycles. The summed E-state index contributed by atoms with van der Waals surface area (Å²) in [7, 11) is 0. The van der Waals surface area contributed by atoms with Crippen LogP contribution in [0.3, 0.4) is 0 Å². The van der Waals surface area contributed by atoms with Crippen LogP contribution in [0.5, 0.6) is 0 Å². The van der Waals surface area contributed by atoms with E-state index in [2.05, 4.69) is 5.32 Å². The lowest BCUT2D eigenvalue weighted by atomic mass is 9.95. The van der Waals surface area contributed by atoms with Crippen LogP contribution in [0.25, 0.3) is 0 Å². The molecule has 25 heavy (non-hydrogen) atoms. The molecule has 0 spiro atoms. The Morgan fingerprint density at radius 3 is 2.60 bits per heavy atom. The van der Waals surface area contributed by atoms with Gasteiger partial charge in [0.2, 0.25) is 0 Å². The Labute approximate surface area is 146 Å². The zero-order valence-electron chi connectivity index (χ0n) is 14.5. The van der Waals surface area contributed by atoms with Crippen LogP contribution in [0.1, 0.15) is 25.3 Å². The molecule has 1 aliphatic rings. The molecule has 0 unspecified atom stereocenters. The molecule has 132 valence electrons. The van der Waals surface area contributed by atoms with Crippen LogP contribution in [0.4, 0.5) is 17.1 Å². The van der Waals surface area contributed by atoms with E-state index < -0.39 is 10.9 Å². The predicted octanol–water partition coefficient (Wildman–Crippen LogP) is 2.11. The molecule has 1 heterocycles. The van der Waals surface area contributed by atoms with Crippen molar-refractivity contribution in [3.63, 3.8) is 0 Å². The lowest BCUT2D eigenvalue weighted by Gasteiger charge is -2.34. The molecule has 0 radical (unpaired) electrons. The van der Waals surface area contributed by atoms with Crippen molar-refractivity contribution >= 4 is 23.0 Å². The van der Waals surface area contributed by atoms with Gasteiger partial charge in [-0.25, -0.2) is 0 Å². The fourth-order valence-corrected chi connectivity index (χ4v) is 3.26. The van der Waals surface area contributed by atoms with Crippen molar-refractivity contribution in [2.24, 2.45) is 5.92 Å². The van der Waals surface area contributed by atoms with E-state index in [1.54, 1.807) is 6.92 Å². The topological polar surface area (TPSA) is 75.7 Å². The number of anilines is 3. The second-order valence-corrected chi connectivity index (χ2v) is 6.39. The van der Waals surface area contributed by atoms with Crippen molar-refractivity contribution in [1.82, 2.24) is 0 Å². The number of nitrogens with one attached hydrogen (secondary N) is 1. The van der Waals surface area contributed by atoms with Crippen molar-refractivity contribution in [1.29, 1.82) is 0 Å². The van der Waals surface area contributed by atoms with E-state index in [4.69, 9.17) is 4.74 Å². The van der Waals surface area contributed by atoms with Crippen molar-refractivity contribution < 1.29 is 9.53 Å². The van der Waals surface area contributed by atoms with Crippen LogP contribution in [-0.4, -0.2) is 25.7 Å². The Morgan fingerprint density at radius 1 is 1.24 bits per heavy atom. The number of hydrogen-bond donors (Lipinski definition) is 1. The Morgan fingerprint density at radius 2 is 1.96 bits per heavy atom. The highest BCUT2D eigenvalue weighted by Crippen LogP contribution is 2.29. The fraction of sp³-hybridized carbons (Fsp3) is 0.421. The minimum absolute atomic E-state index is 0.129. The maximum atomic E-state index is 12.1. The van der Waals surface area contributed by atoms with Gasteiger partial charge in [-0.3, -0.25) is 14.4 Å². The molecule has 1 N–H and O–H groups in total. The van der Waals surface area contributed by atoms with Gasteiger partial charge >= 0.3 is 5.97 Å². The van der Waals surface area contributed by atoms with Crippen LogP contribution >= 0.6 is 0 Å². The number of piperidine rings is 1. The lowest BCUT2D eigenvalue weighted by molar-refractivity contribution is -0.148. The van der Waals surface area contributed by atoms with E-state index in [-0.39, 0.29) is 11.9 Å². The average molecular weight is 342 g/mol. The zero-order valence-corrected chi connectivity index (χ0v) is 14.5. The highest BCUT2D eigenvalue weighted by Gasteiger charge is 2.31. The minimum atomic E-state index is -0.482. The summed E-state index contributed by atoms with van der Waals surface area (Å²) in [6, 6.07) is 7.65. The van der Waals surface area contributed by atoms with Gasteiger partial charge in [0, 0.05) is 18.8 Å². The molecule has 2 aromatic carbocycles. The van der Waals surface area contributed by atoms with Crippen LogP contribution in [0, 0.1) is 12.8 Å². The summed E-state index contributed by atoms with van der Waals surface area (Å²) < 4.78 is 5.06. The van der Waals surface area contributed by atoms with Gasteiger partial charge in [0.15, 0.2) is 0 Å². The molecular weight excluding hydrogens is 320 g/mol. The molecule has 0 amide bonds. The summed E-state index contributed by atoms with van der Waals surface area (Å²) in [6.45, 7) is 5.27. The van der Waals surface area contributed by atoms with Crippen molar-refractivity contribution in [3.8, 4) is 0 Å². The summed E-state index contributed by atoms with van der Waals surface area (Å²) in [5.74, 6) is -0.305. The second kappa shape index (κ2) is 7.09. The maximum Gasteiger partial charge on any atom is 0.309 e. The SMILES string of the molecule is CCOC(=O)C1CCN(c2c(Nc3cccc(C)c3)c(=O)c2=O)CC1. The van der Waals surface area contributed by atoms with E-state index in [0.29, 0.717) is 43.9 Å². The zero-order chi connectivity index (χ0) is 18.0. The van der Waals surface area contributed by atoms with Crippen LogP contribution in [-0.2, 0) is 9.53 Å². The lowest BCUT2D eigenvalue weighted by Crippen LogP contribution is -2.46. The largest absolute Gasteiger partial charge is 0.466 e. The number of benzene rings is 1. The van der Waals surface area contributed by atoms with Gasteiger partial charge < -0.3 is 15.0 Å². The number of ether oxygens (including phenoxy) is 1. The number of rotatable bonds is 5. The first kappa shape index (κ1) is 17.2. The molecule has 0 atom stereocenters.